The van der Waals surface area contributed by atoms with Gasteiger partial charge in [0.15, 0.2) is 0 Å². The molecule has 0 aromatic heterocycles. The zero-order valence-electron chi connectivity index (χ0n) is 9.54. The van der Waals surface area contributed by atoms with Crippen LogP contribution >= 0.6 is 0 Å². The summed E-state index contributed by atoms with van der Waals surface area (Å²) in [5, 5.41) is 5.75. The number of nitrogens with one attached hydrogen (secondary N) is 2. The first-order valence-corrected chi connectivity index (χ1v) is 5.31. The van der Waals surface area contributed by atoms with Crippen LogP contribution in [-0.4, -0.2) is 48.9 Å². The zero-order chi connectivity index (χ0) is 11.4. The van der Waals surface area contributed by atoms with Crippen molar-refractivity contribution in [3.05, 3.63) is 0 Å². The molecule has 1 heterocycles. The van der Waals surface area contributed by atoms with Crippen LogP contribution in [0.15, 0.2) is 0 Å². The summed E-state index contributed by atoms with van der Waals surface area (Å²) in [4.78, 5) is 25.0. The molecule has 0 aromatic carbocycles. The molecule has 1 aliphatic heterocycles. The summed E-state index contributed by atoms with van der Waals surface area (Å²) in [6.07, 6.45) is 0.393. The Balaban J connectivity index is 2.79. The molecule has 0 saturated carbocycles. The fraction of sp³-hybridized carbons (Fsp3) is 0.800. The van der Waals surface area contributed by atoms with E-state index in [9.17, 15) is 9.59 Å². The van der Waals surface area contributed by atoms with Crippen LogP contribution in [0.3, 0.4) is 0 Å². The van der Waals surface area contributed by atoms with Crippen molar-refractivity contribution < 1.29 is 9.59 Å². The maximum absolute atomic E-state index is 11.8. The Kier molecular flexibility index (Phi) is 4.08. The van der Waals surface area contributed by atoms with Gasteiger partial charge in [0.05, 0.1) is 0 Å². The van der Waals surface area contributed by atoms with Crippen LogP contribution in [-0.2, 0) is 9.59 Å². The van der Waals surface area contributed by atoms with E-state index in [0.29, 0.717) is 19.5 Å². The summed E-state index contributed by atoms with van der Waals surface area (Å²) in [5.74, 6) is -0.0209. The van der Waals surface area contributed by atoms with Crippen LogP contribution in [0.1, 0.15) is 20.3 Å². The van der Waals surface area contributed by atoms with Gasteiger partial charge >= 0.3 is 0 Å². The van der Waals surface area contributed by atoms with Crippen LogP contribution in [0.25, 0.3) is 0 Å². The van der Waals surface area contributed by atoms with Gasteiger partial charge in [-0.05, 0) is 20.9 Å². The summed E-state index contributed by atoms with van der Waals surface area (Å²) in [6, 6.07) is -0.329. The number of hydrogen-bond donors (Lipinski definition) is 2. The lowest BCUT2D eigenvalue weighted by Gasteiger charge is -2.31. The average Bonchev–Trinajstić information content (AvgIpc) is 2.28. The minimum Gasteiger partial charge on any atom is -0.354 e. The number of nitrogens with zero attached hydrogens (tertiary/aromatic N) is 1. The number of likely N-dealkylation sites (N-methyl/N-ethyl adjacent to an activating group) is 1. The average molecular weight is 213 g/mol. The van der Waals surface area contributed by atoms with Gasteiger partial charge in [-0.25, -0.2) is 0 Å². The third-order valence-corrected chi connectivity index (χ3v) is 2.70. The van der Waals surface area contributed by atoms with Crippen molar-refractivity contribution in [3.8, 4) is 0 Å². The van der Waals surface area contributed by atoms with Gasteiger partial charge in [-0.15, -0.1) is 0 Å². The van der Waals surface area contributed by atoms with Gasteiger partial charge in [0.1, 0.15) is 6.04 Å². The lowest BCUT2D eigenvalue weighted by atomic mass is 10.2. The first kappa shape index (κ1) is 12.0. The maximum Gasteiger partial charge on any atom is 0.242 e. The Bertz CT molecular complexity index is 255. The highest BCUT2D eigenvalue weighted by Crippen LogP contribution is 2.10. The van der Waals surface area contributed by atoms with Crippen molar-refractivity contribution in [2.75, 3.05) is 20.1 Å². The molecule has 15 heavy (non-hydrogen) atoms. The van der Waals surface area contributed by atoms with E-state index in [0.717, 1.165) is 0 Å². The second-order valence-corrected chi connectivity index (χ2v) is 3.92. The number of amides is 2. The van der Waals surface area contributed by atoms with Crippen molar-refractivity contribution in [2.45, 2.75) is 32.4 Å². The van der Waals surface area contributed by atoms with Crippen molar-refractivity contribution in [2.24, 2.45) is 0 Å². The topological polar surface area (TPSA) is 61.4 Å². The predicted octanol–water partition coefficient (Wildman–Crippen LogP) is -0.669. The molecule has 1 aliphatic rings. The normalized spacial score (nSPS) is 24.7. The van der Waals surface area contributed by atoms with E-state index in [1.165, 1.54) is 0 Å². The minimum atomic E-state index is -0.372. The van der Waals surface area contributed by atoms with Crippen LogP contribution in [0.2, 0.25) is 0 Å². The first-order valence-electron chi connectivity index (χ1n) is 5.31. The van der Waals surface area contributed by atoms with E-state index in [1.807, 2.05) is 14.0 Å². The highest BCUT2D eigenvalue weighted by molar-refractivity contribution is 5.89. The molecule has 1 saturated heterocycles. The highest BCUT2D eigenvalue weighted by atomic mass is 16.2. The number of rotatable bonds is 3. The van der Waals surface area contributed by atoms with Crippen LogP contribution < -0.4 is 10.6 Å². The maximum atomic E-state index is 11.8. The first-order chi connectivity index (χ1) is 7.07. The van der Waals surface area contributed by atoms with Crippen molar-refractivity contribution in [1.29, 1.82) is 0 Å². The summed E-state index contributed by atoms with van der Waals surface area (Å²) >= 11 is 0. The van der Waals surface area contributed by atoms with E-state index < -0.39 is 0 Å². The fourth-order valence-corrected chi connectivity index (χ4v) is 1.93. The van der Waals surface area contributed by atoms with Crippen LogP contribution in [0.4, 0.5) is 0 Å². The van der Waals surface area contributed by atoms with Gasteiger partial charge in [0, 0.05) is 25.6 Å². The van der Waals surface area contributed by atoms with E-state index in [4.69, 9.17) is 0 Å². The molecule has 2 atom stereocenters. The van der Waals surface area contributed by atoms with Gasteiger partial charge < -0.3 is 15.5 Å². The molecule has 86 valence electrons. The second-order valence-electron chi connectivity index (χ2n) is 3.92. The Hall–Kier alpha value is -1.10. The molecule has 2 N–H and O–H groups in total. The Morgan fingerprint density at radius 1 is 1.60 bits per heavy atom. The van der Waals surface area contributed by atoms with Gasteiger partial charge in [0.2, 0.25) is 11.8 Å². The van der Waals surface area contributed by atoms with Gasteiger partial charge in [-0.2, -0.15) is 0 Å². The molecule has 0 aliphatic carbocycles. The third kappa shape index (κ3) is 2.68. The minimum absolute atomic E-state index is 0.0429. The van der Waals surface area contributed by atoms with Gasteiger partial charge in [-0.1, -0.05) is 0 Å². The number of carbonyl (C=O) groups excluding carboxylic acids is 2. The Morgan fingerprint density at radius 2 is 2.27 bits per heavy atom. The quantitative estimate of drug-likeness (QED) is 0.653. The molecule has 1 fully saturated rings. The summed E-state index contributed by atoms with van der Waals surface area (Å²) < 4.78 is 0. The van der Waals surface area contributed by atoms with E-state index in [1.54, 1.807) is 11.8 Å². The molecule has 2 amide bonds. The Morgan fingerprint density at radius 3 is 2.87 bits per heavy atom. The molecule has 5 nitrogen and oxygen atoms in total. The van der Waals surface area contributed by atoms with Crippen molar-refractivity contribution >= 4 is 11.8 Å². The standard InChI is InChI=1S/C10H19N3O2/c1-7(6-11-3)13-8(2)10(15)12-5-4-9(13)14/h7-8,11H,4-6H2,1-3H3,(H,12,15). The monoisotopic (exact) mass is 213 g/mol. The lowest BCUT2D eigenvalue weighted by Crippen LogP contribution is -2.51. The van der Waals surface area contributed by atoms with E-state index in [2.05, 4.69) is 10.6 Å². The van der Waals surface area contributed by atoms with Crippen molar-refractivity contribution in [3.63, 3.8) is 0 Å². The van der Waals surface area contributed by atoms with Gasteiger partial charge in [0.25, 0.3) is 0 Å². The SMILES string of the molecule is CNCC(C)N1C(=O)CCNC(=O)C1C. The van der Waals surface area contributed by atoms with Crippen molar-refractivity contribution in [1.82, 2.24) is 15.5 Å². The largest absolute Gasteiger partial charge is 0.354 e. The molecular weight excluding hydrogens is 194 g/mol. The molecule has 0 bridgehead atoms. The smallest absolute Gasteiger partial charge is 0.242 e. The van der Waals surface area contributed by atoms with E-state index >= 15 is 0 Å². The number of hydrogen-bond acceptors (Lipinski definition) is 3. The summed E-state index contributed by atoms with van der Waals surface area (Å²) in [5.41, 5.74) is 0. The predicted molar refractivity (Wildman–Crippen MR) is 57.3 cm³/mol. The third-order valence-electron chi connectivity index (χ3n) is 2.70. The molecule has 1 rings (SSSR count). The molecule has 0 spiro atoms. The van der Waals surface area contributed by atoms with Gasteiger partial charge in [-0.3, -0.25) is 9.59 Å². The molecular formula is C10H19N3O2. The summed E-state index contributed by atoms with van der Waals surface area (Å²) in [7, 11) is 1.84. The lowest BCUT2D eigenvalue weighted by molar-refractivity contribution is -0.139. The molecule has 5 heteroatoms. The van der Waals surface area contributed by atoms with E-state index in [-0.39, 0.29) is 23.9 Å². The molecule has 0 aromatic rings. The van der Waals surface area contributed by atoms with Crippen LogP contribution in [0, 0.1) is 0 Å². The summed E-state index contributed by atoms with van der Waals surface area (Å²) in [6.45, 7) is 4.86. The molecule has 0 radical (unpaired) electrons. The second kappa shape index (κ2) is 5.11. The zero-order valence-corrected chi connectivity index (χ0v) is 9.54. The van der Waals surface area contributed by atoms with Crippen LogP contribution in [0.5, 0.6) is 0 Å². The fourth-order valence-electron chi connectivity index (χ4n) is 1.93. The number of carbonyl (C=O) groups is 2. The Labute approximate surface area is 90.2 Å². The molecule has 2 unspecified atom stereocenters. The highest BCUT2D eigenvalue weighted by Gasteiger charge is 2.31.